The lowest BCUT2D eigenvalue weighted by Gasteiger charge is -2.34. The van der Waals surface area contributed by atoms with E-state index in [1.54, 1.807) is 0 Å². The smallest absolute Gasteiger partial charge is 0.129 e. The van der Waals surface area contributed by atoms with Crippen LogP contribution >= 0.6 is 22.9 Å². The second kappa shape index (κ2) is 6.68. The zero-order chi connectivity index (χ0) is 13.8. The average molecular weight is 308 g/mol. The van der Waals surface area contributed by atoms with E-state index in [1.807, 2.05) is 23.6 Å². The van der Waals surface area contributed by atoms with E-state index >= 15 is 0 Å². The van der Waals surface area contributed by atoms with Crippen molar-refractivity contribution in [3.63, 3.8) is 0 Å². The Morgan fingerprint density at radius 3 is 2.40 bits per heavy atom. The summed E-state index contributed by atoms with van der Waals surface area (Å²) >= 11 is 7.66. The summed E-state index contributed by atoms with van der Waals surface area (Å²) in [5.74, 6) is 0. The minimum absolute atomic E-state index is 0.564. The van der Waals surface area contributed by atoms with E-state index in [1.165, 1.54) is 10.4 Å². The van der Waals surface area contributed by atoms with Crippen LogP contribution in [0.5, 0.6) is 0 Å². The predicted molar refractivity (Wildman–Crippen MR) is 84.1 cm³/mol. The van der Waals surface area contributed by atoms with Gasteiger partial charge in [0.05, 0.1) is 0 Å². The Balaban J connectivity index is 1.47. The van der Waals surface area contributed by atoms with Crippen LogP contribution in [0.25, 0.3) is 0 Å². The van der Waals surface area contributed by atoms with Crippen molar-refractivity contribution in [1.29, 1.82) is 0 Å². The van der Waals surface area contributed by atoms with Gasteiger partial charge in [-0.1, -0.05) is 23.7 Å². The van der Waals surface area contributed by atoms with Crippen LogP contribution < -0.4 is 0 Å². The van der Waals surface area contributed by atoms with Gasteiger partial charge in [-0.3, -0.25) is 9.80 Å². The van der Waals surface area contributed by atoms with Gasteiger partial charge in [-0.25, -0.2) is 4.98 Å². The largest absolute Gasteiger partial charge is 0.296 e. The molecule has 3 heterocycles. The summed E-state index contributed by atoms with van der Waals surface area (Å²) in [4.78, 5) is 10.6. The summed E-state index contributed by atoms with van der Waals surface area (Å²) in [5.41, 5.74) is 1.24. The molecule has 3 rings (SSSR count). The number of rotatable bonds is 4. The van der Waals surface area contributed by atoms with E-state index in [9.17, 15) is 0 Å². The minimum Gasteiger partial charge on any atom is -0.296 e. The molecule has 1 saturated heterocycles. The summed E-state index contributed by atoms with van der Waals surface area (Å²) in [6.07, 6.45) is 1.88. The lowest BCUT2D eigenvalue weighted by atomic mass is 10.2. The molecule has 1 aliphatic rings. The van der Waals surface area contributed by atoms with Gasteiger partial charge in [0.15, 0.2) is 0 Å². The Bertz CT molecular complexity index is 519. The standard InChI is InChI=1S/C15H18ClN3S/c16-15-4-3-13(10-17-15)11-18-5-7-19(8-6-18)12-14-2-1-9-20-14/h1-4,9-10H,5-8,11-12H2. The highest BCUT2D eigenvalue weighted by Gasteiger charge is 2.17. The van der Waals surface area contributed by atoms with E-state index in [0.717, 1.165) is 39.3 Å². The van der Waals surface area contributed by atoms with Crippen molar-refractivity contribution in [2.45, 2.75) is 13.1 Å². The highest BCUT2D eigenvalue weighted by atomic mass is 35.5. The zero-order valence-electron chi connectivity index (χ0n) is 11.3. The average Bonchev–Trinajstić information content (AvgIpc) is 2.96. The summed E-state index contributed by atoms with van der Waals surface area (Å²) in [6, 6.07) is 8.28. The molecule has 0 saturated carbocycles. The summed E-state index contributed by atoms with van der Waals surface area (Å²) in [5, 5.41) is 2.72. The molecule has 2 aromatic heterocycles. The van der Waals surface area contributed by atoms with Crippen LogP contribution in [0.4, 0.5) is 0 Å². The highest BCUT2D eigenvalue weighted by molar-refractivity contribution is 7.09. The molecule has 0 bridgehead atoms. The number of pyridine rings is 1. The maximum atomic E-state index is 5.81. The fraction of sp³-hybridized carbons (Fsp3) is 0.400. The van der Waals surface area contributed by atoms with E-state index < -0.39 is 0 Å². The molecule has 0 atom stereocenters. The van der Waals surface area contributed by atoms with Gasteiger partial charge in [0, 0.05) is 50.3 Å². The van der Waals surface area contributed by atoms with Gasteiger partial charge in [-0.2, -0.15) is 0 Å². The number of hydrogen-bond acceptors (Lipinski definition) is 4. The first-order valence-electron chi connectivity index (χ1n) is 6.87. The molecule has 0 radical (unpaired) electrons. The molecule has 0 spiro atoms. The predicted octanol–water partition coefficient (Wildman–Crippen LogP) is 3.11. The van der Waals surface area contributed by atoms with Crippen molar-refractivity contribution in [2.24, 2.45) is 0 Å². The molecule has 106 valence electrons. The van der Waals surface area contributed by atoms with Gasteiger partial charge < -0.3 is 0 Å². The summed E-state index contributed by atoms with van der Waals surface area (Å²) in [6.45, 7) is 6.57. The second-order valence-electron chi connectivity index (χ2n) is 5.12. The van der Waals surface area contributed by atoms with Crippen molar-refractivity contribution in [3.05, 3.63) is 51.4 Å². The number of aromatic nitrogens is 1. The monoisotopic (exact) mass is 307 g/mol. The number of nitrogens with zero attached hydrogens (tertiary/aromatic N) is 3. The molecule has 20 heavy (non-hydrogen) atoms. The third-order valence-electron chi connectivity index (χ3n) is 3.62. The lowest BCUT2D eigenvalue weighted by molar-refractivity contribution is 0.122. The van der Waals surface area contributed by atoms with E-state index in [-0.39, 0.29) is 0 Å². The molecular weight excluding hydrogens is 290 g/mol. The van der Waals surface area contributed by atoms with Crippen molar-refractivity contribution in [1.82, 2.24) is 14.8 Å². The van der Waals surface area contributed by atoms with Crippen LogP contribution in [0.1, 0.15) is 10.4 Å². The Labute approximate surface area is 128 Å². The molecule has 0 N–H and O–H groups in total. The molecule has 0 aromatic carbocycles. The molecule has 1 fully saturated rings. The zero-order valence-corrected chi connectivity index (χ0v) is 12.9. The van der Waals surface area contributed by atoms with Gasteiger partial charge in [0.2, 0.25) is 0 Å². The van der Waals surface area contributed by atoms with Gasteiger partial charge in [0.1, 0.15) is 5.15 Å². The van der Waals surface area contributed by atoms with Gasteiger partial charge >= 0.3 is 0 Å². The molecule has 0 amide bonds. The third-order valence-corrected chi connectivity index (χ3v) is 4.70. The molecule has 2 aromatic rings. The van der Waals surface area contributed by atoms with Crippen LogP contribution in [0.2, 0.25) is 5.15 Å². The molecule has 5 heteroatoms. The highest BCUT2D eigenvalue weighted by Crippen LogP contribution is 2.15. The Morgan fingerprint density at radius 1 is 1.05 bits per heavy atom. The van der Waals surface area contributed by atoms with Crippen molar-refractivity contribution in [3.8, 4) is 0 Å². The maximum absolute atomic E-state index is 5.81. The lowest BCUT2D eigenvalue weighted by Crippen LogP contribution is -2.45. The molecule has 1 aliphatic heterocycles. The van der Waals surface area contributed by atoms with Crippen LogP contribution in [0.3, 0.4) is 0 Å². The van der Waals surface area contributed by atoms with Crippen LogP contribution in [0, 0.1) is 0 Å². The van der Waals surface area contributed by atoms with Gasteiger partial charge in [0.25, 0.3) is 0 Å². The molecule has 3 nitrogen and oxygen atoms in total. The summed E-state index contributed by atoms with van der Waals surface area (Å²) < 4.78 is 0. The minimum atomic E-state index is 0.564. The van der Waals surface area contributed by atoms with Gasteiger partial charge in [-0.15, -0.1) is 11.3 Å². The van der Waals surface area contributed by atoms with Crippen molar-refractivity contribution in [2.75, 3.05) is 26.2 Å². The number of thiophene rings is 1. The van der Waals surface area contributed by atoms with Gasteiger partial charge in [-0.05, 0) is 23.1 Å². The van der Waals surface area contributed by atoms with E-state index in [2.05, 4.69) is 38.4 Å². The normalized spacial score (nSPS) is 17.4. The Kier molecular flexibility index (Phi) is 4.68. The first-order chi connectivity index (χ1) is 9.79. The maximum Gasteiger partial charge on any atom is 0.129 e. The molecular formula is C15H18ClN3S. The molecule has 0 unspecified atom stereocenters. The van der Waals surface area contributed by atoms with Crippen LogP contribution in [-0.2, 0) is 13.1 Å². The molecule has 0 aliphatic carbocycles. The number of hydrogen-bond donors (Lipinski definition) is 0. The summed E-state index contributed by atoms with van der Waals surface area (Å²) in [7, 11) is 0. The second-order valence-corrected chi connectivity index (χ2v) is 6.54. The number of piperazine rings is 1. The fourth-order valence-corrected chi connectivity index (χ4v) is 3.34. The van der Waals surface area contributed by atoms with Crippen LogP contribution in [0.15, 0.2) is 35.8 Å². The SMILES string of the molecule is Clc1ccc(CN2CCN(Cc3cccs3)CC2)cn1. The Morgan fingerprint density at radius 2 is 1.80 bits per heavy atom. The van der Waals surface area contributed by atoms with Crippen molar-refractivity contribution >= 4 is 22.9 Å². The van der Waals surface area contributed by atoms with Crippen LogP contribution in [-0.4, -0.2) is 41.0 Å². The Hall–Kier alpha value is -0.940. The van der Waals surface area contributed by atoms with Crippen molar-refractivity contribution < 1.29 is 0 Å². The number of halogens is 1. The fourth-order valence-electron chi connectivity index (χ4n) is 2.49. The first kappa shape index (κ1) is 14.0. The third kappa shape index (κ3) is 3.79. The quantitative estimate of drug-likeness (QED) is 0.809. The van der Waals surface area contributed by atoms with E-state index in [0.29, 0.717) is 5.15 Å². The topological polar surface area (TPSA) is 19.4 Å². The first-order valence-corrected chi connectivity index (χ1v) is 8.13. The van der Waals surface area contributed by atoms with E-state index in [4.69, 9.17) is 11.6 Å².